The van der Waals surface area contributed by atoms with Gasteiger partial charge in [0.25, 0.3) is 11.8 Å². The number of hydrogen-bond acceptors (Lipinski definition) is 9. The molecule has 1 atom stereocenters. The second-order valence-electron chi connectivity index (χ2n) is 7.78. The number of carbonyl (C=O) groups is 2. The lowest BCUT2D eigenvalue weighted by molar-refractivity contribution is -0.386. The number of rotatable bonds is 6. The summed E-state index contributed by atoms with van der Waals surface area (Å²) in [5.41, 5.74) is -0.704. The summed E-state index contributed by atoms with van der Waals surface area (Å²) in [6.45, 7) is 0.937. The van der Waals surface area contributed by atoms with Crippen molar-refractivity contribution in [3.8, 4) is 28.7 Å². The van der Waals surface area contributed by atoms with E-state index in [1.165, 1.54) is 32.3 Å². The summed E-state index contributed by atoms with van der Waals surface area (Å²) in [4.78, 5) is 40.5. The average molecular weight is 487 g/mol. The first-order valence-electron chi connectivity index (χ1n) is 10.8. The van der Waals surface area contributed by atoms with Crippen molar-refractivity contribution in [3.05, 3.63) is 46.0 Å². The second-order valence-corrected chi connectivity index (χ2v) is 7.78. The van der Waals surface area contributed by atoms with E-state index in [-0.39, 0.29) is 61.5 Å². The van der Waals surface area contributed by atoms with E-state index < -0.39 is 22.6 Å². The standard InChI is InChI=1S/C23H25N3O9/c1-31-17-12-14(19(26(29)30)21(33-3)20(17)32-2)22(27)24-8-10-25(11-9-24)23(28)18-13-34-15-6-4-5-7-16(15)35-18/h4-7,12,18H,8-11,13H2,1-3H3. The summed E-state index contributed by atoms with van der Waals surface area (Å²) in [7, 11) is 3.93. The zero-order valence-electron chi connectivity index (χ0n) is 19.5. The predicted molar refractivity (Wildman–Crippen MR) is 122 cm³/mol. The van der Waals surface area contributed by atoms with Gasteiger partial charge in [0.15, 0.2) is 17.2 Å². The third-order valence-corrected chi connectivity index (χ3v) is 5.88. The highest BCUT2D eigenvalue weighted by atomic mass is 16.6. The molecule has 2 aromatic carbocycles. The molecule has 0 saturated carbocycles. The number of nitro benzene ring substituents is 1. The number of nitro groups is 1. The van der Waals surface area contributed by atoms with Crippen molar-refractivity contribution in [3.63, 3.8) is 0 Å². The number of fused-ring (bicyclic) bond motifs is 1. The van der Waals surface area contributed by atoms with Crippen molar-refractivity contribution in [2.24, 2.45) is 0 Å². The summed E-state index contributed by atoms with van der Waals surface area (Å²) in [6, 6.07) is 8.38. The first-order chi connectivity index (χ1) is 16.9. The monoisotopic (exact) mass is 487 g/mol. The Bertz CT molecular complexity index is 1150. The fourth-order valence-electron chi connectivity index (χ4n) is 4.13. The van der Waals surface area contributed by atoms with Crippen LogP contribution in [0, 0.1) is 10.1 Å². The maximum atomic E-state index is 13.3. The Morgan fingerprint density at radius 2 is 1.60 bits per heavy atom. The van der Waals surface area contributed by atoms with Gasteiger partial charge in [-0.1, -0.05) is 12.1 Å². The molecule has 1 fully saturated rings. The minimum atomic E-state index is -0.789. The number of amides is 2. The number of piperazine rings is 1. The summed E-state index contributed by atoms with van der Waals surface area (Å²) >= 11 is 0. The van der Waals surface area contributed by atoms with Crippen LogP contribution in [-0.4, -0.2) is 86.8 Å². The minimum absolute atomic E-state index is 0.0185. The Kier molecular flexibility index (Phi) is 6.80. The van der Waals surface area contributed by atoms with Crippen LogP contribution in [0.2, 0.25) is 0 Å². The van der Waals surface area contributed by atoms with Crippen molar-refractivity contribution in [2.75, 3.05) is 54.1 Å². The molecule has 1 saturated heterocycles. The number of para-hydroxylation sites is 2. The highest BCUT2D eigenvalue weighted by Crippen LogP contribution is 2.46. The maximum absolute atomic E-state index is 13.3. The molecule has 2 aliphatic rings. The van der Waals surface area contributed by atoms with E-state index in [0.29, 0.717) is 11.5 Å². The SMILES string of the molecule is COc1cc(C(=O)N2CCN(C(=O)C3COc4ccccc4O3)CC2)c([N+](=O)[O-])c(OC)c1OC. The van der Waals surface area contributed by atoms with Crippen LogP contribution in [0.4, 0.5) is 5.69 Å². The van der Waals surface area contributed by atoms with Crippen LogP contribution < -0.4 is 23.7 Å². The predicted octanol–water partition coefficient (Wildman–Crippen LogP) is 1.74. The third kappa shape index (κ3) is 4.46. The van der Waals surface area contributed by atoms with Gasteiger partial charge in [-0.25, -0.2) is 0 Å². The van der Waals surface area contributed by atoms with E-state index in [4.69, 9.17) is 23.7 Å². The smallest absolute Gasteiger partial charge is 0.327 e. The van der Waals surface area contributed by atoms with Crippen LogP contribution in [0.1, 0.15) is 10.4 Å². The lowest BCUT2D eigenvalue weighted by atomic mass is 10.1. The van der Waals surface area contributed by atoms with Gasteiger partial charge in [-0.15, -0.1) is 0 Å². The lowest BCUT2D eigenvalue weighted by Crippen LogP contribution is -2.55. The molecule has 0 bridgehead atoms. The van der Waals surface area contributed by atoms with Crippen molar-refractivity contribution >= 4 is 17.5 Å². The van der Waals surface area contributed by atoms with E-state index in [9.17, 15) is 19.7 Å². The molecule has 2 amide bonds. The number of carbonyl (C=O) groups excluding carboxylic acids is 2. The van der Waals surface area contributed by atoms with Crippen LogP contribution in [0.3, 0.4) is 0 Å². The number of methoxy groups -OCH3 is 3. The quantitative estimate of drug-likeness (QED) is 0.442. The molecule has 1 unspecified atom stereocenters. The molecular formula is C23H25N3O9. The van der Waals surface area contributed by atoms with E-state index in [2.05, 4.69) is 0 Å². The normalized spacial score (nSPS) is 16.9. The fraction of sp³-hybridized carbons (Fsp3) is 0.391. The molecule has 12 heteroatoms. The molecule has 35 heavy (non-hydrogen) atoms. The van der Waals surface area contributed by atoms with E-state index in [1.807, 2.05) is 6.07 Å². The second kappa shape index (κ2) is 9.95. The molecule has 2 heterocycles. The number of ether oxygens (including phenoxy) is 5. The van der Waals surface area contributed by atoms with E-state index in [1.54, 1.807) is 23.1 Å². The van der Waals surface area contributed by atoms with Crippen LogP contribution in [-0.2, 0) is 4.79 Å². The number of nitrogens with zero attached hydrogens (tertiary/aromatic N) is 3. The van der Waals surface area contributed by atoms with Crippen LogP contribution in [0.25, 0.3) is 0 Å². The largest absolute Gasteiger partial charge is 0.493 e. The Morgan fingerprint density at radius 1 is 0.971 bits per heavy atom. The molecule has 186 valence electrons. The Hall–Kier alpha value is -4.22. The molecule has 2 aliphatic heterocycles. The van der Waals surface area contributed by atoms with E-state index in [0.717, 1.165) is 0 Å². The van der Waals surface area contributed by atoms with Gasteiger partial charge in [0.2, 0.25) is 17.6 Å². The highest BCUT2D eigenvalue weighted by Gasteiger charge is 2.37. The molecule has 12 nitrogen and oxygen atoms in total. The number of hydrogen-bond donors (Lipinski definition) is 0. The Morgan fingerprint density at radius 3 is 2.20 bits per heavy atom. The molecule has 0 spiro atoms. The molecule has 4 rings (SSSR count). The number of benzene rings is 2. The lowest BCUT2D eigenvalue weighted by Gasteiger charge is -2.37. The van der Waals surface area contributed by atoms with Crippen LogP contribution in [0.15, 0.2) is 30.3 Å². The first kappa shape index (κ1) is 23.9. The molecule has 0 aromatic heterocycles. The summed E-state index contributed by atoms with van der Waals surface area (Å²) in [6.07, 6.45) is -0.789. The van der Waals surface area contributed by atoms with Crippen molar-refractivity contribution < 1.29 is 38.2 Å². The summed E-state index contributed by atoms with van der Waals surface area (Å²) < 4.78 is 27.1. The van der Waals surface area contributed by atoms with Gasteiger partial charge < -0.3 is 33.5 Å². The molecular weight excluding hydrogens is 462 g/mol. The Balaban J connectivity index is 1.49. The van der Waals surface area contributed by atoms with Crippen LogP contribution in [0.5, 0.6) is 28.7 Å². The van der Waals surface area contributed by atoms with Gasteiger partial charge in [-0.3, -0.25) is 19.7 Å². The molecule has 0 radical (unpaired) electrons. The highest BCUT2D eigenvalue weighted by molar-refractivity contribution is 6.01. The van der Waals surface area contributed by atoms with Gasteiger partial charge >= 0.3 is 5.69 Å². The maximum Gasteiger partial charge on any atom is 0.327 e. The van der Waals surface area contributed by atoms with Gasteiger partial charge in [-0.2, -0.15) is 0 Å². The fourth-order valence-corrected chi connectivity index (χ4v) is 4.13. The first-order valence-corrected chi connectivity index (χ1v) is 10.8. The van der Waals surface area contributed by atoms with Gasteiger partial charge in [0, 0.05) is 32.2 Å². The molecule has 0 N–H and O–H groups in total. The topological polar surface area (TPSA) is 130 Å². The zero-order chi connectivity index (χ0) is 25.1. The summed E-state index contributed by atoms with van der Waals surface area (Å²) in [5, 5.41) is 11.8. The molecule has 0 aliphatic carbocycles. The third-order valence-electron chi connectivity index (χ3n) is 5.88. The van der Waals surface area contributed by atoms with Crippen molar-refractivity contribution in [1.29, 1.82) is 0 Å². The van der Waals surface area contributed by atoms with Crippen molar-refractivity contribution in [1.82, 2.24) is 9.80 Å². The Labute approximate surface area is 201 Å². The van der Waals surface area contributed by atoms with Gasteiger partial charge in [0.1, 0.15) is 12.2 Å². The zero-order valence-corrected chi connectivity index (χ0v) is 19.5. The molecule has 2 aromatic rings. The minimum Gasteiger partial charge on any atom is -0.493 e. The summed E-state index contributed by atoms with van der Waals surface area (Å²) in [5.74, 6) is 0.203. The van der Waals surface area contributed by atoms with E-state index >= 15 is 0 Å². The van der Waals surface area contributed by atoms with Crippen LogP contribution >= 0.6 is 0 Å². The van der Waals surface area contributed by atoms with Gasteiger partial charge in [0.05, 0.1) is 26.3 Å². The van der Waals surface area contributed by atoms with Crippen molar-refractivity contribution in [2.45, 2.75) is 6.10 Å². The van der Waals surface area contributed by atoms with Gasteiger partial charge in [-0.05, 0) is 12.1 Å². The average Bonchev–Trinajstić information content (AvgIpc) is 2.90.